The first-order chi connectivity index (χ1) is 11.6. The van der Waals surface area contributed by atoms with Gasteiger partial charge < -0.3 is 9.88 Å². The van der Waals surface area contributed by atoms with Crippen LogP contribution in [-0.2, 0) is 12.8 Å². The number of carbonyl (C=O) groups excluding carboxylic acids is 1. The van der Waals surface area contributed by atoms with Gasteiger partial charge in [0.15, 0.2) is 0 Å². The van der Waals surface area contributed by atoms with Crippen LogP contribution in [0.3, 0.4) is 0 Å². The van der Waals surface area contributed by atoms with Crippen molar-refractivity contribution in [3.05, 3.63) is 52.8 Å². The van der Waals surface area contributed by atoms with Gasteiger partial charge in [0.05, 0.1) is 0 Å². The molecule has 3 rings (SSSR count). The van der Waals surface area contributed by atoms with Crippen molar-refractivity contribution in [2.75, 3.05) is 6.54 Å². The van der Waals surface area contributed by atoms with Crippen molar-refractivity contribution >= 4 is 5.91 Å². The van der Waals surface area contributed by atoms with Crippen LogP contribution in [0, 0.1) is 12.8 Å². The van der Waals surface area contributed by atoms with E-state index in [9.17, 15) is 4.79 Å². The molecule has 0 atom stereocenters. The fourth-order valence-corrected chi connectivity index (χ4v) is 3.55. The van der Waals surface area contributed by atoms with Crippen LogP contribution in [0.2, 0.25) is 0 Å². The van der Waals surface area contributed by atoms with E-state index in [0.717, 1.165) is 30.6 Å². The van der Waals surface area contributed by atoms with Crippen molar-refractivity contribution in [1.82, 2.24) is 9.88 Å². The smallest absolute Gasteiger partial charge is 0.251 e. The van der Waals surface area contributed by atoms with E-state index in [1.165, 1.54) is 36.2 Å². The van der Waals surface area contributed by atoms with Crippen molar-refractivity contribution < 1.29 is 4.79 Å². The number of hydrogen-bond acceptors (Lipinski definition) is 1. The molecule has 0 aliphatic heterocycles. The summed E-state index contributed by atoms with van der Waals surface area (Å²) < 4.78 is 2.36. The lowest BCUT2D eigenvalue weighted by Gasteiger charge is -2.17. The first-order valence-electron chi connectivity index (χ1n) is 9.15. The Morgan fingerprint density at radius 2 is 1.88 bits per heavy atom. The fraction of sp³-hybridized carbons (Fsp3) is 0.476. The van der Waals surface area contributed by atoms with Crippen molar-refractivity contribution in [1.29, 1.82) is 0 Å². The van der Waals surface area contributed by atoms with Gasteiger partial charge in [-0.05, 0) is 80.8 Å². The number of nitrogens with one attached hydrogen (secondary N) is 1. The van der Waals surface area contributed by atoms with E-state index in [4.69, 9.17) is 0 Å². The van der Waals surface area contributed by atoms with Gasteiger partial charge in [-0.2, -0.15) is 0 Å². The Morgan fingerprint density at radius 1 is 1.17 bits per heavy atom. The lowest BCUT2D eigenvalue weighted by molar-refractivity contribution is 0.0952. The van der Waals surface area contributed by atoms with Crippen molar-refractivity contribution in [3.63, 3.8) is 0 Å². The molecule has 1 aliphatic rings. The summed E-state index contributed by atoms with van der Waals surface area (Å²) >= 11 is 0. The highest BCUT2D eigenvalue weighted by molar-refractivity contribution is 5.94. The second-order valence-electron chi connectivity index (χ2n) is 7.29. The van der Waals surface area contributed by atoms with E-state index in [1.807, 2.05) is 12.1 Å². The summed E-state index contributed by atoms with van der Waals surface area (Å²) in [5, 5.41) is 3.00. The molecule has 0 spiro atoms. The Labute approximate surface area is 145 Å². The monoisotopic (exact) mass is 324 g/mol. The van der Waals surface area contributed by atoms with Gasteiger partial charge in [0.25, 0.3) is 5.91 Å². The van der Waals surface area contributed by atoms with E-state index in [-0.39, 0.29) is 5.91 Å². The van der Waals surface area contributed by atoms with Gasteiger partial charge in [0, 0.05) is 29.2 Å². The summed E-state index contributed by atoms with van der Waals surface area (Å²) in [6.45, 7) is 7.25. The summed E-state index contributed by atoms with van der Waals surface area (Å²) in [6, 6.07) is 10.3. The van der Waals surface area contributed by atoms with Crippen molar-refractivity contribution in [2.45, 2.75) is 52.9 Å². The van der Waals surface area contributed by atoms with Gasteiger partial charge >= 0.3 is 0 Å². The Morgan fingerprint density at radius 3 is 2.58 bits per heavy atom. The number of nitrogens with zero attached hydrogens (tertiary/aromatic N) is 1. The second kappa shape index (κ2) is 7.25. The van der Waals surface area contributed by atoms with Crippen molar-refractivity contribution in [3.8, 4) is 5.69 Å². The molecule has 1 N–H and O–H groups in total. The number of fused-ring (bicyclic) bond motifs is 1. The molecule has 0 radical (unpaired) electrons. The topological polar surface area (TPSA) is 34.0 Å². The van der Waals surface area contributed by atoms with E-state index < -0.39 is 0 Å². The van der Waals surface area contributed by atoms with Gasteiger partial charge in [-0.25, -0.2) is 0 Å². The van der Waals surface area contributed by atoms with Gasteiger partial charge in [-0.3, -0.25) is 4.79 Å². The highest BCUT2D eigenvalue weighted by Crippen LogP contribution is 2.28. The molecule has 0 fully saturated rings. The second-order valence-corrected chi connectivity index (χ2v) is 7.29. The molecular weight excluding hydrogens is 296 g/mol. The normalized spacial score (nSPS) is 13.8. The number of hydrogen-bond donors (Lipinski definition) is 1. The summed E-state index contributed by atoms with van der Waals surface area (Å²) in [4.78, 5) is 12.2. The molecule has 3 nitrogen and oxygen atoms in total. The Balaban J connectivity index is 1.75. The number of carbonyl (C=O) groups is 1. The average molecular weight is 324 g/mol. The summed E-state index contributed by atoms with van der Waals surface area (Å²) in [5.41, 5.74) is 6.13. The van der Waals surface area contributed by atoms with E-state index in [2.05, 4.69) is 48.9 Å². The zero-order chi connectivity index (χ0) is 17.1. The van der Waals surface area contributed by atoms with Crippen LogP contribution in [0.4, 0.5) is 0 Å². The number of benzene rings is 1. The Bertz CT molecular complexity index is 710. The molecular formula is C21H28N2O. The van der Waals surface area contributed by atoms with Crippen LogP contribution in [-0.4, -0.2) is 17.0 Å². The highest BCUT2D eigenvalue weighted by atomic mass is 16.1. The first-order valence-corrected chi connectivity index (χ1v) is 9.15. The maximum atomic E-state index is 12.2. The molecule has 1 aliphatic carbocycles. The molecule has 1 aromatic carbocycles. The Kier molecular flexibility index (Phi) is 5.08. The van der Waals surface area contributed by atoms with Gasteiger partial charge in [-0.1, -0.05) is 13.8 Å². The maximum absolute atomic E-state index is 12.2. The van der Waals surface area contributed by atoms with Crippen LogP contribution in [0.15, 0.2) is 30.3 Å². The lowest BCUT2D eigenvalue weighted by Crippen LogP contribution is -2.25. The minimum atomic E-state index is 0.0217. The zero-order valence-corrected chi connectivity index (χ0v) is 15.1. The predicted molar refractivity (Wildman–Crippen MR) is 98.9 cm³/mol. The molecule has 24 heavy (non-hydrogen) atoms. The molecule has 1 heterocycles. The van der Waals surface area contributed by atoms with Crippen LogP contribution in [0.5, 0.6) is 0 Å². The maximum Gasteiger partial charge on any atom is 0.251 e. The summed E-state index contributed by atoms with van der Waals surface area (Å²) in [6.07, 6.45) is 5.93. The number of amides is 1. The third kappa shape index (κ3) is 3.55. The van der Waals surface area contributed by atoms with E-state index in [0.29, 0.717) is 5.92 Å². The van der Waals surface area contributed by atoms with Crippen molar-refractivity contribution in [2.24, 2.45) is 5.92 Å². The quantitative estimate of drug-likeness (QED) is 0.867. The minimum absolute atomic E-state index is 0.0217. The summed E-state index contributed by atoms with van der Waals surface area (Å²) in [7, 11) is 0. The molecule has 128 valence electrons. The third-order valence-corrected chi connectivity index (χ3v) is 4.88. The SMILES string of the molecule is Cc1cc2c(n1-c1ccc(C(=O)NCCC(C)C)cc1)CCCC2. The van der Waals surface area contributed by atoms with E-state index >= 15 is 0 Å². The molecule has 1 amide bonds. The van der Waals surface area contributed by atoms with Gasteiger partial charge in [0.1, 0.15) is 0 Å². The first kappa shape index (κ1) is 16.8. The number of rotatable bonds is 5. The van der Waals surface area contributed by atoms with Crippen LogP contribution < -0.4 is 5.32 Å². The lowest BCUT2D eigenvalue weighted by atomic mass is 9.98. The number of aromatic nitrogens is 1. The largest absolute Gasteiger partial charge is 0.352 e. The zero-order valence-electron chi connectivity index (χ0n) is 15.1. The van der Waals surface area contributed by atoms with Crippen LogP contribution in [0.25, 0.3) is 5.69 Å². The molecule has 1 aromatic heterocycles. The molecule has 0 unspecified atom stereocenters. The Hall–Kier alpha value is -2.03. The van der Waals surface area contributed by atoms with E-state index in [1.54, 1.807) is 0 Å². The van der Waals surface area contributed by atoms with Gasteiger partial charge in [0.2, 0.25) is 0 Å². The molecule has 0 bridgehead atoms. The molecule has 0 saturated carbocycles. The minimum Gasteiger partial charge on any atom is -0.352 e. The highest BCUT2D eigenvalue weighted by Gasteiger charge is 2.17. The average Bonchev–Trinajstić information content (AvgIpc) is 2.90. The van der Waals surface area contributed by atoms with Crippen LogP contribution >= 0.6 is 0 Å². The van der Waals surface area contributed by atoms with Crippen LogP contribution in [0.1, 0.15) is 60.4 Å². The molecule has 2 aromatic rings. The molecule has 0 saturated heterocycles. The standard InChI is InChI=1S/C21H28N2O/c1-15(2)12-13-22-21(24)17-8-10-19(11-9-17)23-16(3)14-18-6-4-5-7-20(18)23/h8-11,14-15H,4-7,12-13H2,1-3H3,(H,22,24). The fourth-order valence-electron chi connectivity index (χ4n) is 3.55. The summed E-state index contributed by atoms with van der Waals surface area (Å²) in [5.74, 6) is 0.629. The third-order valence-electron chi connectivity index (χ3n) is 4.88. The van der Waals surface area contributed by atoms with Gasteiger partial charge in [-0.15, -0.1) is 0 Å². The molecule has 3 heteroatoms. The predicted octanol–water partition coefficient (Wildman–Crippen LogP) is 4.44. The number of aryl methyl sites for hydroxylation is 2.